The largest absolute Gasteiger partial charge is 0.416 e. The molecule has 2 amide bonds. The molecule has 3 rings (SSSR count). The lowest BCUT2D eigenvalue weighted by atomic mass is 10.1. The molecule has 3 aromatic rings. The Morgan fingerprint density at radius 1 is 1.06 bits per heavy atom. The Morgan fingerprint density at radius 3 is 2.33 bits per heavy atom. The predicted molar refractivity (Wildman–Crippen MR) is 122 cm³/mol. The third kappa shape index (κ3) is 6.06. The van der Waals surface area contributed by atoms with E-state index in [4.69, 9.17) is 0 Å². The average Bonchev–Trinajstić information content (AvgIpc) is 2.79. The molecule has 0 aliphatic carbocycles. The first-order chi connectivity index (χ1) is 15.7. The summed E-state index contributed by atoms with van der Waals surface area (Å²) in [5, 5.41) is 2.77. The Bertz CT molecular complexity index is 1140. The van der Waals surface area contributed by atoms with Gasteiger partial charge in [-0.15, -0.1) is 0 Å². The quantitative estimate of drug-likeness (QED) is 0.482. The summed E-state index contributed by atoms with van der Waals surface area (Å²) in [6.45, 7) is 5.28. The van der Waals surface area contributed by atoms with Crippen LogP contribution in [0.4, 0.5) is 24.5 Å². The van der Waals surface area contributed by atoms with Gasteiger partial charge in [-0.3, -0.25) is 14.6 Å². The van der Waals surface area contributed by atoms with E-state index >= 15 is 0 Å². The number of anilines is 2. The number of para-hydroxylation sites is 1. The maximum atomic E-state index is 12.8. The molecule has 2 aromatic carbocycles. The molecule has 0 saturated carbocycles. The molecule has 0 aliphatic rings. The third-order valence-corrected chi connectivity index (χ3v) is 4.94. The maximum Gasteiger partial charge on any atom is 0.416 e. The van der Waals surface area contributed by atoms with E-state index in [0.29, 0.717) is 35.6 Å². The Balaban J connectivity index is 1.79. The van der Waals surface area contributed by atoms with Crippen molar-refractivity contribution in [2.45, 2.75) is 19.5 Å². The van der Waals surface area contributed by atoms with Crippen molar-refractivity contribution >= 4 is 23.2 Å². The summed E-state index contributed by atoms with van der Waals surface area (Å²) in [5.41, 5.74) is 2.34. The molecule has 0 bridgehead atoms. The zero-order chi connectivity index (χ0) is 24.0. The number of pyridine rings is 1. The van der Waals surface area contributed by atoms with Gasteiger partial charge in [0.1, 0.15) is 0 Å². The van der Waals surface area contributed by atoms with E-state index in [1.54, 1.807) is 18.2 Å². The van der Waals surface area contributed by atoms with Gasteiger partial charge in [-0.2, -0.15) is 13.2 Å². The number of aromatic nitrogens is 1. The number of carbonyl (C=O) groups is 2. The molecule has 0 radical (unpaired) electrons. The molecule has 0 fully saturated rings. The SMILES string of the molecule is C=CC(=O)N(CCc1ccccc1NC(C)=O)c1ccc(-c2ccc(C(F)(F)F)cc2)nc1. The number of hydrogen-bond acceptors (Lipinski definition) is 3. The summed E-state index contributed by atoms with van der Waals surface area (Å²) in [6.07, 6.45) is -1.24. The van der Waals surface area contributed by atoms with E-state index < -0.39 is 11.7 Å². The zero-order valence-electron chi connectivity index (χ0n) is 17.9. The Labute approximate surface area is 189 Å². The molecular formula is C25H22F3N3O2. The van der Waals surface area contributed by atoms with Gasteiger partial charge in [-0.05, 0) is 48.4 Å². The van der Waals surface area contributed by atoms with Crippen molar-refractivity contribution in [1.82, 2.24) is 4.98 Å². The van der Waals surface area contributed by atoms with Crippen LogP contribution in [0.25, 0.3) is 11.3 Å². The molecule has 0 spiro atoms. The molecule has 1 N–H and O–H groups in total. The summed E-state index contributed by atoms with van der Waals surface area (Å²) < 4.78 is 38.3. The van der Waals surface area contributed by atoms with Crippen LogP contribution in [0.15, 0.2) is 79.5 Å². The molecule has 0 atom stereocenters. The Kier molecular flexibility index (Phi) is 7.27. The molecule has 170 valence electrons. The van der Waals surface area contributed by atoms with Crippen molar-refractivity contribution in [3.63, 3.8) is 0 Å². The smallest absolute Gasteiger partial charge is 0.326 e. The van der Waals surface area contributed by atoms with Gasteiger partial charge in [0.2, 0.25) is 11.8 Å². The van der Waals surface area contributed by atoms with Crippen molar-refractivity contribution < 1.29 is 22.8 Å². The van der Waals surface area contributed by atoms with Crippen molar-refractivity contribution in [2.24, 2.45) is 0 Å². The normalized spacial score (nSPS) is 11.0. The molecule has 0 saturated heterocycles. The molecule has 33 heavy (non-hydrogen) atoms. The second-order valence-corrected chi connectivity index (χ2v) is 7.26. The van der Waals surface area contributed by atoms with Crippen molar-refractivity contribution in [1.29, 1.82) is 0 Å². The first kappa shape index (κ1) is 23.7. The fourth-order valence-corrected chi connectivity index (χ4v) is 3.31. The minimum Gasteiger partial charge on any atom is -0.326 e. The van der Waals surface area contributed by atoms with Gasteiger partial charge < -0.3 is 10.2 Å². The number of hydrogen-bond donors (Lipinski definition) is 1. The molecule has 8 heteroatoms. The molecule has 0 aliphatic heterocycles. The average molecular weight is 453 g/mol. The topological polar surface area (TPSA) is 62.3 Å². The Hall–Kier alpha value is -3.94. The fraction of sp³-hybridized carbons (Fsp3) is 0.160. The number of benzene rings is 2. The zero-order valence-corrected chi connectivity index (χ0v) is 17.9. The van der Waals surface area contributed by atoms with Crippen LogP contribution in [0.1, 0.15) is 18.1 Å². The van der Waals surface area contributed by atoms with E-state index in [1.807, 2.05) is 18.2 Å². The number of alkyl halides is 3. The number of carbonyl (C=O) groups excluding carboxylic acids is 2. The number of nitrogens with one attached hydrogen (secondary N) is 1. The monoisotopic (exact) mass is 453 g/mol. The lowest BCUT2D eigenvalue weighted by Gasteiger charge is -2.22. The maximum absolute atomic E-state index is 12.8. The number of amides is 2. The minimum absolute atomic E-state index is 0.190. The van der Waals surface area contributed by atoms with Crippen molar-refractivity contribution in [3.8, 4) is 11.3 Å². The molecular weight excluding hydrogens is 431 g/mol. The number of halogens is 3. The Morgan fingerprint density at radius 2 is 1.76 bits per heavy atom. The van der Waals surface area contributed by atoms with E-state index in [1.165, 1.54) is 36.2 Å². The predicted octanol–water partition coefficient (Wildman–Crippen LogP) is 5.49. The summed E-state index contributed by atoms with van der Waals surface area (Å²) >= 11 is 0. The van der Waals surface area contributed by atoms with Gasteiger partial charge in [0.25, 0.3) is 0 Å². The lowest BCUT2D eigenvalue weighted by Crippen LogP contribution is -2.31. The van der Waals surface area contributed by atoms with Gasteiger partial charge in [0, 0.05) is 24.7 Å². The first-order valence-electron chi connectivity index (χ1n) is 10.1. The molecule has 1 aromatic heterocycles. The highest BCUT2D eigenvalue weighted by molar-refractivity contribution is 6.01. The molecule has 0 unspecified atom stereocenters. The standard InChI is InChI=1S/C25H22F3N3O2/c1-3-24(33)31(15-14-18-6-4-5-7-23(18)30-17(2)32)21-12-13-22(29-16-21)19-8-10-20(11-9-19)25(26,27)28/h3-13,16H,1,14-15H2,2H3,(H,30,32). The number of nitrogens with zero attached hydrogens (tertiary/aromatic N) is 2. The van der Waals surface area contributed by atoms with E-state index in [0.717, 1.165) is 17.7 Å². The van der Waals surface area contributed by atoms with Crippen LogP contribution in [0, 0.1) is 0 Å². The summed E-state index contributed by atoms with van der Waals surface area (Å²) in [6, 6.07) is 15.4. The van der Waals surface area contributed by atoms with Crippen LogP contribution in [-0.4, -0.2) is 23.3 Å². The number of rotatable bonds is 7. The van der Waals surface area contributed by atoms with E-state index in [2.05, 4.69) is 16.9 Å². The summed E-state index contributed by atoms with van der Waals surface area (Å²) in [4.78, 5) is 29.8. The second kappa shape index (κ2) is 10.1. The minimum atomic E-state index is -4.40. The second-order valence-electron chi connectivity index (χ2n) is 7.26. The fourth-order valence-electron chi connectivity index (χ4n) is 3.31. The summed E-state index contributed by atoms with van der Waals surface area (Å²) in [7, 11) is 0. The molecule has 5 nitrogen and oxygen atoms in total. The van der Waals surface area contributed by atoms with Gasteiger partial charge >= 0.3 is 6.18 Å². The van der Waals surface area contributed by atoms with Gasteiger partial charge in [-0.25, -0.2) is 0 Å². The van der Waals surface area contributed by atoms with E-state index in [-0.39, 0.29) is 11.8 Å². The van der Waals surface area contributed by atoms with Gasteiger partial charge in [-0.1, -0.05) is 36.9 Å². The van der Waals surface area contributed by atoms with Crippen LogP contribution in [0.2, 0.25) is 0 Å². The highest BCUT2D eigenvalue weighted by atomic mass is 19.4. The van der Waals surface area contributed by atoms with E-state index in [9.17, 15) is 22.8 Å². The van der Waals surface area contributed by atoms with Crippen LogP contribution in [0.5, 0.6) is 0 Å². The van der Waals surface area contributed by atoms with Gasteiger partial charge in [0.15, 0.2) is 0 Å². The van der Waals surface area contributed by atoms with Crippen LogP contribution >= 0.6 is 0 Å². The summed E-state index contributed by atoms with van der Waals surface area (Å²) in [5.74, 6) is -0.513. The molecule has 1 heterocycles. The highest BCUT2D eigenvalue weighted by Gasteiger charge is 2.30. The third-order valence-electron chi connectivity index (χ3n) is 4.94. The van der Waals surface area contributed by atoms with Crippen LogP contribution < -0.4 is 10.2 Å². The van der Waals surface area contributed by atoms with Crippen molar-refractivity contribution in [2.75, 3.05) is 16.8 Å². The van der Waals surface area contributed by atoms with Crippen molar-refractivity contribution in [3.05, 3.63) is 90.6 Å². The lowest BCUT2D eigenvalue weighted by molar-refractivity contribution is -0.137. The highest BCUT2D eigenvalue weighted by Crippen LogP contribution is 2.31. The first-order valence-corrected chi connectivity index (χ1v) is 10.1. The van der Waals surface area contributed by atoms with Crippen LogP contribution in [0.3, 0.4) is 0 Å². The van der Waals surface area contributed by atoms with Gasteiger partial charge in [0.05, 0.1) is 23.1 Å². The van der Waals surface area contributed by atoms with Crippen LogP contribution in [-0.2, 0) is 22.2 Å².